The van der Waals surface area contributed by atoms with E-state index in [0.717, 1.165) is 22.3 Å². The van der Waals surface area contributed by atoms with Gasteiger partial charge in [0.05, 0.1) is 23.9 Å². The van der Waals surface area contributed by atoms with Crippen molar-refractivity contribution in [3.8, 4) is 23.0 Å². The second kappa shape index (κ2) is 28.7. The topological polar surface area (TPSA) is 197 Å². The number of hydrogen-bond acceptors (Lipinski definition) is 12. The van der Waals surface area contributed by atoms with Crippen LogP contribution in [-0.4, -0.2) is 23.9 Å². The van der Waals surface area contributed by atoms with Crippen LogP contribution >= 0.6 is 0 Å². The minimum Gasteiger partial charge on any atom is -0.545 e. The Balaban J connectivity index is 0.00000331. The second-order valence-corrected chi connectivity index (χ2v) is 12.9. The third kappa shape index (κ3) is 18.2. The predicted molar refractivity (Wildman–Crippen MR) is 202 cm³/mol. The Morgan fingerprint density at radius 1 is 0.339 bits per heavy atom. The van der Waals surface area contributed by atoms with Crippen LogP contribution in [0.25, 0.3) is 12.2 Å². The molecular formula is C46H32K4O12. The quantitative estimate of drug-likeness (QED) is 0.0585. The first-order chi connectivity index (χ1) is 28.0. The van der Waals surface area contributed by atoms with Crippen molar-refractivity contribution in [2.24, 2.45) is 0 Å². The molecule has 0 heterocycles. The van der Waals surface area contributed by atoms with Crippen LogP contribution in [0.15, 0.2) is 133 Å². The van der Waals surface area contributed by atoms with Crippen LogP contribution < -0.4 is 245 Å². The van der Waals surface area contributed by atoms with E-state index >= 15 is 0 Å². The molecular weight excluding hydrogens is 901 g/mol. The van der Waals surface area contributed by atoms with Gasteiger partial charge in [-0.3, -0.25) is 0 Å². The first-order valence-corrected chi connectivity index (χ1v) is 17.7. The Morgan fingerprint density at radius 2 is 0.532 bits per heavy atom. The van der Waals surface area contributed by atoms with Crippen LogP contribution in [0.2, 0.25) is 0 Å². The molecule has 16 heteroatoms. The average molecular weight is 933 g/mol. The summed E-state index contributed by atoms with van der Waals surface area (Å²) in [5.74, 6) is -3.34. The molecule has 12 nitrogen and oxygen atoms in total. The molecule has 0 atom stereocenters. The molecule has 0 radical (unpaired) electrons. The summed E-state index contributed by atoms with van der Waals surface area (Å²) in [6.07, 6.45) is 3.65. The Hall–Kier alpha value is -1.31. The van der Waals surface area contributed by atoms with Gasteiger partial charge < -0.3 is 58.6 Å². The van der Waals surface area contributed by atoms with E-state index in [1.54, 1.807) is 84.9 Å². The summed E-state index contributed by atoms with van der Waals surface area (Å²) in [5.41, 5.74) is 4.41. The Bertz CT molecular complexity index is 2120. The molecule has 0 saturated carbocycles. The number of carboxylic acid groups (broad SMARTS) is 4. The number of ether oxygens (including phenoxy) is 4. The van der Waals surface area contributed by atoms with Gasteiger partial charge in [0.1, 0.15) is 49.4 Å². The van der Waals surface area contributed by atoms with E-state index < -0.39 is 23.9 Å². The van der Waals surface area contributed by atoms with E-state index in [0.29, 0.717) is 34.1 Å². The van der Waals surface area contributed by atoms with E-state index in [1.807, 2.05) is 12.2 Å². The van der Waals surface area contributed by atoms with Crippen molar-refractivity contribution in [2.75, 3.05) is 0 Å². The van der Waals surface area contributed by atoms with Gasteiger partial charge in [-0.15, -0.1) is 0 Å². The fourth-order valence-electron chi connectivity index (χ4n) is 5.52. The van der Waals surface area contributed by atoms with Gasteiger partial charge >= 0.3 is 206 Å². The van der Waals surface area contributed by atoms with Gasteiger partial charge in [-0.25, -0.2) is 0 Å². The van der Waals surface area contributed by atoms with Crippen molar-refractivity contribution in [1.29, 1.82) is 0 Å². The van der Waals surface area contributed by atoms with Gasteiger partial charge in [-0.1, -0.05) is 109 Å². The van der Waals surface area contributed by atoms with Crippen molar-refractivity contribution in [1.82, 2.24) is 0 Å². The van der Waals surface area contributed by atoms with E-state index in [2.05, 4.69) is 0 Å². The zero-order chi connectivity index (χ0) is 41.0. The molecule has 0 aliphatic rings. The maximum atomic E-state index is 11.2. The van der Waals surface area contributed by atoms with E-state index in [-0.39, 0.29) is 254 Å². The van der Waals surface area contributed by atoms with Gasteiger partial charge in [0.25, 0.3) is 0 Å². The zero-order valence-electron chi connectivity index (χ0n) is 34.6. The van der Waals surface area contributed by atoms with E-state index in [1.165, 1.54) is 48.5 Å². The third-order valence-electron chi connectivity index (χ3n) is 8.65. The Kier molecular flexibility index (Phi) is 26.3. The molecule has 0 fully saturated rings. The van der Waals surface area contributed by atoms with Crippen molar-refractivity contribution in [2.45, 2.75) is 26.4 Å². The third-order valence-corrected chi connectivity index (χ3v) is 8.65. The summed E-state index contributed by atoms with van der Waals surface area (Å²) in [7, 11) is 0. The molecule has 0 aliphatic heterocycles. The van der Waals surface area contributed by atoms with Gasteiger partial charge in [0.2, 0.25) is 0 Å². The summed E-state index contributed by atoms with van der Waals surface area (Å²) >= 11 is 0. The largest absolute Gasteiger partial charge is 1.00 e. The van der Waals surface area contributed by atoms with Crippen LogP contribution in [-0.2, 0) is 26.4 Å². The van der Waals surface area contributed by atoms with Gasteiger partial charge in [-0.05, 0) is 79.9 Å². The van der Waals surface area contributed by atoms with Crippen molar-refractivity contribution in [3.05, 3.63) is 189 Å². The van der Waals surface area contributed by atoms with Crippen molar-refractivity contribution in [3.63, 3.8) is 0 Å². The molecule has 0 spiro atoms. The first kappa shape index (κ1) is 56.8. The van der Waals surface area contributed by atoms with Crippen LogP contribution in [0.5, 0.6) is 23.0 Å². The first-order valence-electron chi connectivity index (χ1n) is 17.7. The number of benzene rings is 6. The number of carbonyl (C=O) groups excluding carboxylic acids is 4. The van der Waals surface area contributed by atoms with E-state index in [4.69, 9.17) is 18.9 Å². The number of carbonyl (C=O) groups is 4. The molecule has 62 heavy (non-hydrogen) atoms. The molecule has 0 saturated heterocycles. The van der Waals surface area contributed by atoms with Gasteiger partial charge in [0.15, 0.2) is 0 Å². The molecule has 6 aromatic rings. The molecule has 0 amide bonds. The fourth-order valence-corrected chi connectivity index (χ4v) is 5.52. The number of aromatic carboxylic acids is 4. The molecule has 0 aliphatic carbocycles. The zero-order valence-corrected chi connectivity index (χ0v) is 47.1. The van der Waals surface area contributed by atoms with Gasteiger partial charge in [0, 0.05) is 12.1 Å². The van der Waals surface area contributed by atoms with E-state index in [9.17, 15) is 39.6 Å². The molecule has 0 bridgehead atoms. The van der Waals surface area contributed by atoms with Crippen LogP contribution in [0.3, 0.4) is 0 Å². The summed E-state index contributed by atoms with van der Waals surface area (Å²) < 4.78 is 24.3. The molecule has 292 valence electrons. The number of carboxylic acids is 4. The minimum atomic E-state index is -1.28. The van der Waals surface area contributed by atoms with Crippen LogP contribution in [0, 0.1) is 0 Å². The summed E-state index contributed by atoms with van der Waals surface area (Å²) in [6, 6.07) is 35.0. The van der Waals surface area contributed by atoms with Gasteiger partial charge in [-0.2, -0.15) is 0 Å². The van der Waals surface area contributed by atoms with Crippen molar-refractivity contribution < 1.29 is 264 Å². The maximum Gasteiger partial charge on any atom is 1.00 e. The summed E-state index contributed by atoms with van der Waals surface area (Å²) in [5, 5.41) is 44.7. The standard InChI is InChI=1S/C46H36O12.4K/c47-43(48)35-11-3-29(4-12-35)25-55-39-19-33(20-40(23-39)56-26-30-5-13-36(14-6-30)44(49)50)1-2-34-21-41(57-27-31-7-15-37(16-8-31)45(51)52)24-42(22-34)58-28-32-9-17-38(18-10-32)46(53)54;;;;/h1-24H,25-28H2,(H,47,48)(H,49,50)(H,51,52)(H,53,54);;;;/q;4*+1/p-4/b2-1+;;;;. The monoisotopic (exact) mass is 932 g/mol. The number of hydrogen-bond donors (Lipinski definition) is 0. The molecule has 0 unspecified atom stereocenters. The van der Waals surface area contributed by atoms with Crippen molar-refractivity contribution >= 4 is 36.0 Å². The smallest absolute Gasteiger partial charge is 0.545 e. The molecule has 0 N–H and O–H groups in total. The predicted octanol–water partition coefficient (Wildman–Crippen LogP) is -8.36. The average Bonchev–Trinajstić information content (AvgIpc) is 3.23. The fraction of sp³-hybridized carbons (Fsp3) is 0.0870. The minimum absolute atomic E-state index is 0. The number of rotatable bonds is 18. The van der Waals surface area contributed by atoms with Crippen LogP contribution in [0.4, 0.5) is 0 Å². The Labute approximate surface area is 528 Å². The maximum absolute atomic E-state index is 11.2. The summed E-state index contributed by atoms with van der Waals surface area (Å²) in [6.45, 7) is 0.486. The summed E-state index contributed by atoms with van der Waals surface area (Å²) in [4.78, 5) is 44.7. The molecule has 0 aromatic heterocycles. The molecule has 6 rings (SSSR count). The molecule has 6 aromatic carbocycles. The normalized spacial score (nSPS) is 10.1. The second-order valence-electron chi connectivity index (χ2n) is 12.9. The van der Waals surface area contributed by atoms with Crippen LogP contribution in [0.1, 0.15) is 74.8 Å². The Morgan fingerprint density at radius 3 is 0.710 bits per heavy atom. The SMILES string of the molecule is O=C([O-])c1ccc(COc2cc(/C=C/c3cc(OCc4ccc(C(=O)[O-])cc4)cc(OCc4ccc(C(=O)[O-])cc4)c3)cc(OCc3ccc(C(=O)[O-])cc3)c2)cc1.[K+].[K+].[K+].[K+].